The van der Waals surface area contributed by atoms with Crippen molar-refractivity contribution < 1.29 is 9.53 Å². The first kappa shape index (κ1) is 14.9. The van der Waals surface area contributed by atoms with Gasteiger partial charge in [-0.1, -0.05) is 26.0 Å². The Morgan fingerprint density at radius 1 is 1.25 bits per heavy atom. The van der Waals surface area contributed by atoms with Crippen molar-refractivity contribution in [3.05, 3.63) is 29.8 Å². The number of carbonyl (C=O) groups is 1. The Balaban J connectivity index is 1.83. The molecular formula is C16H24N2O2. The fraction of sp³-hybridized carbons (Fsp3) is 0.562. The molecule has 1 aliphatic rings. The number of hydrogen-bond donors (Lipinski definition) is 1. The van der Waals surface area contributed by atoms with E-state index in [0.717, 1.165) is 31.9 Å². The number of rotatable bonds is 5. The molecule has 0 aliphatic carbocycles. The number of amides is 1. The molecule has 110 valence electrons. The van der Waals surface area contributed by atoms with Crippen LogP contribution in [0, 0.1) is 5.92 Å². The van der Waals surface area contributed by atoms with Crippen molar-refractivity contribution >= 4 is 11.6 Å². The number of anilines is 1. The van der Waals surface area contributed by atoms with Crippen LogP contribution in [-0.4, -0.2) is 32.2 Å². The highest BCUT2D eigenvalue weighted by Crippen LogP contribution is 2.16. The van der Waals surface area contributed by atoms with Crippen molar-refractivity contribution in [1.29, 1.82) is 0 Å². The monoisotopic (exact) mass is 276 g/mol. The van der Waals surface area contributed by atoms with Crippen molar-refractivity contribution in [2.24, 2.45) is 5.92 Å². The second-order valence-electron chi connectivity index (χ2n) is 5.64. The lowest BCUT2D eigenvalue weighted by Gasteiger charge is -2.28. The average molecular weight is 276 g/mol. The lowest BCUT2D eigenvalue weighted by atomic mass is 10.1. The van der Waals surface area contributed by atoms with Crippen molar-refractivity contribution in [2.45, 2.75) is 26.8 Å². The summed E-state index contributed by atoms with van der Waals surface area (Å²) in [5, 5.41) is 2.96. The quantitative estimate of drug-likeness (QED) is 0.896. The van der Waals surface area contributed by atoms with Crippen molar-refractivity contribution in [1.82, 2.24) is 5.32 Å². The van der Waals surface area contributed by atoms with Gasteiger partial charge in [0.05, 0.1) is 13.2 Å². The zero-order chi connectivity index (χ0) is 14.4. The summed E-state index contributed by atoms with van der Waals surface area (Å²) in [6, 6.07) is 8.41. The average Bonchev–Trinajstić information content (AvgIpc) is 2.46. The van der Waals surface area contributed by atoms with Gasteiger partial charge in [0.25, 0.3) is 0 Å². The number of benzene rings is 1. The summed E-state index contributed by atoms with van der Waals surface area (Å²) in [7, 11) is 0. The molecule has 1 amide bonds. The topological polar surface area (TPSA) is 41.6 Å². The molecule has 0 radical (unpaired) electrons. The molecule has 0 atom stereocenters. The Labute approximate surface area is 121 Å². The molecular weight excluding hydrogens is 252 g/mol. The van der Waals surface area contributed by atoms with Gasteiger partial charge in [-0.15, -0.1) is 0 Å². The smallest absolute Gasteiger partial charge is 0.220 e. The molecule has 0 spiro atoms. The molecule has 1 heterocycles. The lowest BCUT2D eigenvalue weighted by Crippen LogP contribution is -2.36. The number of nitrogens with one attached hydrogen (secondary N) is 1. The third-order valence-electron chi connectivity index (χ3n) is 3.40. The van der Waals surface area contributed by atoms with Gasteiger partial charge in [-0.3, -0.25) is 4.79 Å². The van der Waals surface area contributed by atoms with Crippen LogP contribution in [0.15, 0.2) is 24.3 Å². The van der Waals surface area contributed by atoms with Crippen LogP contribution in [0.25, 0.3) is 0 Å². The Bertz CT molecular complexity index is 423. The first-order chi connectivity index (χ1) is 9.65. The highest BCUT2D eigenvalue weighted by molar-refractivity contribution is 5.76. The number of nitrogens with zero attached hydrogens (tertiary/aromatic N) is 1. The Morgan fingerprint density at radius 2 is 1.90 bits per heavy atom. The minimum atomic E-state index is 0.122. The molecule has 4 heteroatoms. The third kappa shape index (κ3) is 4.53. The third-order valence-corrected chi connectivity index (χ3v) is 3.40. The minimum Gasteiger partial charge on any atom is -0.378 e. The minimum absolute atomic E-state index is 0.122. The van der Waals surface area contributed by atoms with E-state index < -0.39 is 0 Å². The lowest BCUT2D eigenvalue weighted by molar-refractivity contribution is -0.121. The van der Waals surface area contributed by atoms with Gasteiger partial charge in [-0.25, -0.2) is 0 Å². The zero-order valence-corrected chi connectivity index (χ0v) is 12.4. The van der Waals surface area contributed by atoms with Crippen LogP contribution in [0.3, 0.4) is 0 Å². The summed E-state index contributed by atoms with van der Waals surface area (Å²) < 4.78 is 5.35. The van der Waals surface area contributed by atoms with E-state index in [1.54, 1.807) is 0 Å². The molecule has 0 bridgehead atoms. The predicted octanol–water partition coefficient (Wildman–Crippen LogP) is 2.19. The van der Waals surface area contributed by atoms with Gasteiger partial charge in [0.1, 0.15) is 0 Å². The standard InChI is InChI=1S/C16H24N2O2/c1-13(2)11-16(19)17-12-14-3-5-15(6-4-14)18-7-9-20-10-8-18/h3-6,13H,7-12H2,1-2H3,(H,17,19). The van der Waals surface area contributed by atoms with Gasteiger partial charge < -0.3 is 15.0 Å². The summed E-state index contributed by atoms with van der Waals surface area (Å²) >= 11 is 0. The fourth-order valence-electron chi connectivity index (χ4n) is 2.29. The first-order valence-corrected chi connectivity index (χ1v) is 7.33. The molecule has 1 aromatic carbocycles. The predicted molar refractivity (Wildman–Crippen MR) is 80.8 cm³/mol. The fourth-order valence-corrected chi connectivity index (χ4v) is 2.29. The molecule has 4 nitrogen and oxygen atoms in total. The van der Waals surface area contributed by atoms with Crippen molar-refractivity contribution in [2.75, 3.05) is 31.2 Å². The first-order valence-electron chi connectivity index (χ1n) is 7.33. The summed E-state index contributed by atoms with van der Waals surface area (Å²) in [6.45, 7) is 8.21. The second kappa shape index (κ2) is 7.29. The molecule has 0 aromatic heterocycles. The van der Waals surface area contributed by atoms with E-state index >= 15 is 0 Å². The molecule has 1 fully saturated rings. The molecule has 1 aliphatic heterocycles. The maximum Gasteiger partial charge on any atom is 0.220 e. The van der Waals surface area contributed by atoms with Gasteiger partial charge in [-0.05, 0) is 23.6 Å². The van der Waals surface area contributed by atoms with Gasteiger partial charge in [0, 0.05) is 31.7 Å². The van der Waals surface area contributed by atoms with Crippen LogP contribution in [0.4, 0.5) is 5.69 Å². The summed E-state index contributed by atoms with van der Waals surface area (Å²) in [5.41, 5.74) is 2.37. The SMILES string of the molecule is CC(C)CC(=O)NCc1ccc(N2CCOCC2)cc1. The number of morpholine rings is 1. The Kier molecular flexibility index (Phi) is 5.41. The van der Waals surface area contributed by atoms with Crippen LogP contribution < -0.4 is 10.2 Å². The number of carbonyl (C=O) groups excluding carboxylic acids is 1. The zero-order valence-electron chi connectivity index (χ0n) is 12.4. The Hall–Kier alpha value is -1.55. The second-order valence-corrected chi connectivity index (χ2v) is 5.64. The molecule has 1 saturated heterocycles. The van der Waals surface area contributed by atoms with E-state index in [-0.39, 0.29) is 5.91 Å². The van der Waals surface area contributed by atoms with Gasteiger partial charge in [-0.2, -0.15) is 0 Å². The van der Waals surface area contributed by atoms with Gasteiger partial charge >= 0.3 is 0 Å². The summed E-state index contributed by atoms with van der Waals surface area (Å²) in [5.74, 6) is 0.524. The summed E-state index contributed by atoms with van der Waals surface area (Å²) in [6.07, 6.45) is 0.589. The van der Waals surface area contributed by atoms with E-state index in [4.69, 9.17) is 4.74 Å². The van der Waals surface area contributed by atoms with Crippen molar-refractivity contribution in [3.63, 3.8) is 0 Å². The summed E-state index contributed by atoms with van der Waals surface area (Å²) in [4.78, 5) is 13.9. The van der Waals surface area contributed by atoms with E-state index in [9.17, 15) is 4.79 Å². The number of hydrogen-bond acceptors (Lipinski definition) is 3. The normalized spacial score (nSPS) is 15.4. The van der Waals surface area contributed by atoms with Crippen LogP contribution >= 0.6 is 0 Å². The maximum atomic E-state index is 11.6. The molecule has 0 saturated carbocycles. The molecule has 2 rings (SSSR count). The molecule has 1 aromatic rings. The van der Waals surface area contributed by atoms with Crippen LogP contribution in [0.1, 0.15) is 25.8 Å². The molecule has 20 heavy (non-hydrogen) atoms. The van der Waals surface area contributed by atoms with Gasteiger partial charge in [0.15, 0.2) is 0 Å². The largest absolute Gasteiger partial charge is 0.378 e. The van der Waals surface area contributed by atoms with Crippen LogP contribution in [0.2, 0.25) is 0 Å². The van der Waals surface area contributed by atoms with E-state index in [0.29, 0.717) is 18.9 Å². The molecule has 0 unspecified atom stereocenters. The maximum absolute atomic E-state index is 11.6. The van der Waals surface area contributed by atoms with Crippen LogP contribution in [-0.2, 0) is 16.1 Å². The van der Waals surface area contributed by atoms with Gasteiger partial charge in [0.2, 0.25) is 5.91 Å². The molecule has 1 N–H and O–H groups in total. The Morgan fingerprint density at radius 3 is 2.50 bits per heavy atom. The van der Waals surface area contributed by atoms with E-state index in [1.165, 1.54) is 5.69 Å². The number of ether oxygens (including phenoxy) is 1. The van der Waals surface area contributed by atoms with E-state index in [2.05, 4.69) is 48.3 Å². The highest BCUT2D eigenvalue weighted by Gasteiger charge is 2.10. The van der Waals surface area contributed by atoms with Crippen LogP contribution in [0.5, 0.6) is 0 Å². The van der Waals surface area contributed by atoms with E-state index in [1.807, 2.05) is 0 Å². The highest BCUT2D eigenvalue weighted by atomic mass is 16.5. The van der Waals surface area contributed by atoms with Crippen molar-refractivity contribution in [3.8, 4) is 0 Å².